The molecule has 3 nitrogen and oxygen atoms in total. The summed E-state index contributed by atoms with van der Waals surface area (Å²) in [6.07, 6.45) is 1.87. The molecule has 0 saturated heterocycles. The molecule has 0 aliphatic rings. The van der Waals surface area contributed by atoms with E-state index in [0.29, 0.717) is 0 Å². The quantitative estimate of drug-likeness (QED) is 0.777. The van der Waals surface area contributed by atoms with Gasteiger partial charge < -0.3 is 5.32 Å². The molecule has 0 radical (unpaired) electrons. The summed E-state index contributed by atoms with van der Waals surface area (Å²) in [5, 5.41) is 4.54. The van der Waals surface area contributed by atoms with E-state index in [4.69, 9.17) is 0 Å². The molecule has 0 bridgehead atoms. The van der Waals surface area contributed by atoms with Crippen molar-refractivity contribution in [1.82, 2.24) is 9.97 Å². The van der Waals surface area contributed by atoms with E-state index in [0.717, 1.165) is 28.8 Å². The molecule has 90 valence electrons. The Morgan fingerprint density at radius 1 is 1.22 bits per heavy atom. The highest BCUT2D eigenvalue weighted by Gasteiger charge is 2.02. The number of benzene rings is 1. The smallest absolute Gasteiger partial charge is 0.0798 e. The largest absolute Gasteiger partial charge is 0.379 e. The molecule has 2 aromatic heterocycles. The summed E-state index contributed by atoms with van der Waals surface area (Å²) >= 11 is 1.68. The minimum Gasteiger partial charge on any atom is -0.379 e. The third-order valence-corrected chi connectivity index (χ3v) is 3.82. The minimum absolute atomic E-state index is 0.802. The molecule has 0 fully saturated rings. The molecule has 3 aromatic rings. The van der Waals surface area contributed by atoms with Crippen molar-refractivity contribution in [2.24, 2.45) is 0 Å². The number of thiazole rings is 1. The van der Waals surface area contributed by atoms with Gasteiger partial charge in [0.25, 0.3) is 0 Å². The highest BCUT2D eigenvalue weighted by atomic mass is 32.1. The Hall–Kier alpha value is -1.94. The molecule has 0 amide bonds. The van der Waals surface area contributed by atoms with Crippen molar-refractivity contribution >= 4 is 27.9 Å². The molecule has 0 atom stereocenters. The van der Waals surface area contributed by atoms with Crippen LogP contribution in [0.25, 0.3) is 10.9 Å². The van der Waals surface area contributed by atoms with Gasteiger partial charge in [-0.05, 0) is 19.1 Å². The number of pyridine rings is 1. The van der Waals surface area contributed by atoms with Gasteiger partial charge in [-0.15, -0.1) is 11.3 Å². The van der Waals surface area contributed by atoms with Crippen molar-refractivity contribution in [2.75, 3.05) is 5.32 Å². The van der Waals surface area contributed by atoms with Gasteiger partial charge >= 0.3 is 0 Å². The Labute approximate surface area is 110 Å². The Bertz CT molecular complexity index is 675. The summed E-state index contributed by atoms with van der Waals surface area (Å²) < 4.78 is 0. The van der Waals surface area contributed by atoms with Crippen LogP contribution in [0, 0.1) is 6.92 Å². The Morgan fingerprint density at radius 3 is 2.94 bits per heavy atom. The van der Waals surface area contributed by atoms with Crippen LogP contribution in [0.3, 0.4) is 0 Å². The molecule has 4 heteroatoms. The third kappa shape index (κ3) is 2.19. The number of nitrogens with one attached hydrogen (secondary N) is 1. The molecule has 3 rings (SSSR count). The van der Waals surface area contributed by atoms with Crippen LogP contribution >= 0.6 is 11.3 Å². The van der Waals surface area contributed by atoms with Crippen LogP contribution in [-0.2, 0) is 6.54 Å². The molecule has 2 heterocycles. The summed E-state index contributed by atoms with van der Waals surface area (Å²) in [4.78, 5) is 9.94. The fourth-order valence-electron chi connectivity index (χ4n) is 1.85. The zero-order chi connectivity index (χ0) is 12.4. The van der Waals surface area contributed by atoms with Crippen molar-refractivity contribution in [3.8, 4) is 0 Å². The third-order valence-electron chi connectivity index (χ3n) is 2.89. The van der Waals surface area contributed by atoms with Crippen molar-refractivity contribution in [2.45, 2.75) is 13.5 Å². The number of hydrogen-bond acceptors (Lipinski definition) is 4. The first-order valence-electron chi connectivity index (χ1n) is 5.80. The molecule has 18 heavy (non-hydrogen) atoms. The molecule has 0 unspecified atom stereocenters. The van der Waals surface area contributed by atoms with E-state index in [9.17, 15) is 0 Å². The zero-order valence-corrected chi connectivity index (χ0v) is 10.9. The van der Waals surface area contributed by atoms with E-state index in [1.54, 1.807) is 11.3 Å². The first kappa shape index (κ1) is 11.2. The van der Waals surface area contributed by atoms with Crippen LogP contribution in [0.2, 0.25) is 0 Å². The summed E-state index contributed by atoms with van der Waals surface area (Å²) in [5.41, 5.74) is 5.05. The Morgan fingerprint density at radius 2 is 2.11 bits per heavy atom. The summed E-state index contributed by atoms with van der Waals surface area (Å²) in [6, 6.07) is 10.3. The number of para-hydroxylation sites is 1. The van der Waals surface area contributed by atoms with E-state index in [1.165, 1.54) is 4.88 Å². The number of aryl methyl sites for hydroxylation is 1. The number of aromatic nitrogens is 2. The minimum atomic E-state index is 0.802. The number of nitrogens with zero attached hydrogens (tertiary/aromatic N) is 2. The van der Waals surface area contributed by atoms with Crippen molar-refractivity contribution < 1.29 is 0 Å². The highest BCUT2D eigenvalue weighted by Crippen LogP contribution is 2.18. The first-order valence-corrected chi connectivity index (χ1v) is 6.68. The van der Waals surface area contributed by atoms with E-state index < -0.39 is 0 Å². The fourth-order valence-corrected chi connectivity index (χ4v) is 2.56. The SMILES string of the molecule is Cc1ncsc1CNc1cnc2ccccc2c1. The van der Waals surface area contributed by atoms with Gasteiger partial charge in [-0.25, -0.2) is 4.98 Å². The lowest BCUT2D eigenvalue weighted by molar-refractivity contribution is 1.12. The monoisotopic (exact) mass is 255 g/mol. The predicted octanol–water partition coefficient (Wildman–Crippen LogP) is 3.61. The number of fused-ring (bicyclic) bond motifs is 1. The van der Waals surface area contributed by atoms with Gasteiger partial charge in [0.15, 0.2) is 0 Å². The van der Waals surface area contributed by atoms with Gasteiger partial charge in [-0.1, -0.05) is 18.2 Å². The van der Waals surface area contributed by atoms with Gasteiger partial charge in [0.05, 0.1) is 35.2 Å². The highest BCUT2D eigenvalue weighted by molar-refractivity contribution is 7.09. The number of hydrogen-bond donors (Lipinski definition) is 1. The Balaban J connectivity index is 1.81. The zero-order valence-electron chi connectivity index (χ0n) is 10.1. The lowest BCUT2D eigenvalue weighted by Gasteiger charge is -2.06. The van der Waals surface area contributed by atoms with Crippen LogP contribution in [0.1, 0.15) is 10.6 Å². The second kappa shape index (κ2) is 4.74. The molecule has 0 spiro atoms. The second-order valence-corrected chi connectivity index (χ2v) is 5.07. The maximum atomic E-state index is 4.43. The first-order chi connectivity index (χ1) is 8.83. The topological polar surface area (TPSA) is 37.8 Å². The van der Waals surface area contributed by atoms with Crippen molar-refractivity contribution in [1.29, 1.82) is 0 Å². The number of anilines is 1. The molecule has 1 aromatic carbocycles. The predicted molar refractivity (Wildman–Crippen MR) is 75.9 cm³/mol. The molecular weight excluding hydrogens is 242 g/mol. The lowest BCUT2D eigenvalue weighted by Crippen LogP contribution is -1.99. The van der Waals surface area contributed by atoms with Gasteiger partial charge in [0.2, 0.25) is 0 Å². The average Bonchev–Trinajstić information content (AvgIpc) is 2.82. The maximum Gasteiger partial charge on any atom is 0.0798 e. The van der Waals surface area contributed by atoms with Crippen molar-refractivity contribution in [3.63, 3.8) is 0 Å². The van der Waals surface area contributed by atoms with Gasteiger partial charge in [0, 0.05) is 10.3 Å². The van der Waals surface area contributed by atoms with E-state index in [1.807, 2.05) is 36.8 Å². The van der Waals surface area contributed by atoms with E-state index in [-0.39, 0.29) is 0 Å². The normalized spacial score (nSPS) is 10.7. The second-order valence-electron chi connectivity index (χ2n) is 4.13. The van der Waals surface area contributed by atoms with Gasteiger partial charge in [0.1, 0.15) is 0 Å². The van der Waals surface area contributed by atoms with Crippen LogP contribution in [0.15, 0.2) is 42.0 Å². The molecule has 0 aliphatic carbocycles. The fraction of sp³-hybridized carbons (Fsp3) is 0.143. The van der Waals surface area contributed by atoms with Gasteiger partial charge in [-0.2, -0.15) is 0 Å². The standard InChI is InChI=1S/C14H13N3S/c1-10-14(18-9-17-10)8-15-12-6-11-4-2-3-5-13(11)16-7-12/h2-7,9,15H,8H2,1H3. The molecular formula is C14H13N3S. The summed E-state index contributed by atoms with van der Waals surface area (Å²) in [5.74, 6) is 0. The molecule has 1 N–H and O–H groups in total. The summed E-state index contributed by atoms with van der Waals surface area (Å²) in [7, 11) is 0. The van der Waals surface area contributed by atoms with E-state index >= 15 is 0 Å². The number of rotatable bonds is 3. The van der Waals surface area contributed by atoms with Crippen molar-refractivity contribution in [3.05, 3.63) is 52.6 Å². The lowest BCUT2D eigenvalue weighted by atomic mass is 10.2. The molecule has 0 saturated carbocycles. The Kier molecular flexibility index (Phi) is 2.94. The molecule has 0 aliphatic heterocycles. The van der Waals surface area contributed by atoms with Crippen LogP contribution in [-0.4, -0.2) is 9.97 Å². The van der Waals surface area contributed by atoms with Crippen LogP contribution in [0.5, 0.6) is 0 Å². The maximum absolute atomic E-state index is 4.43. The van der Waals surface area contributed by atoms with E-state index in [2.05, 4.69) is 27.4 Å². The summed E-state index contributed by atoms with van der Waals surface area (Å²) in [6.45, 7) is 2.84. The van der Waals surface area contributed by atoms with Gasteiger partial charge in [-0.3, -0.25) is 4.98 Å². The average molecular weight is 255 g/mol. The van der Waals surface area contributed by atoms with Crippen LogP contribution < -0.4 is 5.32 Å². The van der Waals surface area contributed by atoms with Crippen LogP contribution in [0.4, 0.5) is 5.69 Å².